The predicted octanol–water partition coefficient (Wildman–Crippen LogP) is 1.15. The normalized spacial score (nSPS) is 10.1. The molecule has 1 rings (SSSR count). The first kappa shape index (κ1) is 13.2. The van der Waals surface area contributed by atoms with Crippen LogP contribution in [0.1, 0.15) is 30.8 Å². The molecule has 1 aromatic rings. The highest BCUT2D eigenvalue weighted by Gasteiger charge is 2.08. The highest BCUT2D eigenvalue weighted by molar-refractivity contribution is 5.92. The average Bonchev–Trinajstić information content (AvgIpc) is 2.29. The van der Waals surface area contributed by atoms with Crippen LogP contribution in [0.15, 0.2) is 24.4 Å². The third-order valence-corrected chi connectivity index (χ3v) is 1.88. The molecule has 1 heterocycles. The van der Waals surface area contributed by atoms with Gasteiger partial charge >= 0.3 is 5.97 Å². The van der Waals surface area contributed by atoms with E-state index in [1.807, 2.05) is 0 Å². The van der Waals surface area contributed by atoms with Crippen molar-refractivity contribution in [3.05, 3.63) is 30.1 Å². The monoisotopic (exact) mass is 236 g/mol. The van der Waals surface area contributed by atoms with Crippen LogP contribution in [-0.4, -0.2) is 29.5 Å². The van der Waals surface area contributed by atoms with E-state index in [1.54, 1.807) is 38.2 Å². The van der Waals surface area contributed by atoms with Crippen LogP contribution in [-0.2, 0) is 9.53 Å². The van der Waals surface area contributed by atoms with Gasteiger partial charge in [0.2, 0.25) is 0 Å². The molecule has 5 nitrogen and oxygen atoms in total. The van der Waals surface area contributed by atoms with Crippen LogP contribution in [0.4, 0.5) is 0 Å². The van der Waals surface area contributed by atoms with E-state index >= 15 is 0 Å². The molecule has 1 aromatic heterocycles. The van der Waals surface area contributed by atoms with Gasteiger partial charge < -0.3 is 10.1 Å². The quantitative estimate of drug-likeness (QED) is 0.779. The molecule has 0 aliphatic heterocycles. The SMILES string of the molecule is CC(C)OC(=O)CCNC(=O)c1ccccn1. The van der Waals surface area contributed by atoms with Crippen molar-refractivity contribution < 1.29 is 14.3 Å². The number of nitrogens with one attached hydrogen (secondary N) is 1. The molecule has 0 bridgehead atoms. The minimum absolute atomic E-state index is 0.131. The summed E-state index contributed by atoms with van der Waals surface area (Å²) in [6.45, 7) is 3.82. The van der Waals surface area contributed by atoms with Crippen LogP contribution in [0.2, 0.25) is 0 Å². The van der Waals surface area contributed by atoms with Gasteiger partial charge in [-0.25, -0.2) is 0 Å². The summed E-state index contributed by atoms with van der Waals surface area (Å²) >= 11 is 0. The largest absolute Gasteiger partial charge is 0.463 e. The second-order valence-electron chi connectivity index (χ2n) is 3.76. The number of carbonyl (C=O) groups excluding carboxylic acids is 2. The number of pyridine rings is 1. The first-order chi connectivity index (χ1) is 8.09. The van der Waals surface area contributed by atoms with Gasteiger partial charge in [-0.1, -0.05) is 6.07 Å². The molecule has 1 N–H and O–H groups in total. The summed E-state index contributed by atoms with van der Waals surface area (Å²) < 4.78 is 4.93. The van der Waals surface area contributed by atoms with Crippen molar-refractivity contribution in [1.82, 2.24) is 10.3 Å². The molecule has 0 radical (unpaired) electrons. The second-order valence-corrected chi connectivity index (χ2v) is 3.76. The number of ether oxygens (including phenoxy) is 1. The molecule has 0 atom stereocenters. The van der Waals surface area contributed by atoms with Gasteiger partial charge in [0, 0.05) is 12.7 Å². The summed E-state index contributed by atoms with van der Waals surface area (Å²) in [4.78, 5) is 26.6. The number of carbonyl (C=O) groups is 2. The Morgan fingerprint density at radius 3 is 2.76 bits per heavy atom. The zero-order chi connectivity index (χ0) is 12.7. The maximum atomic E-state index is 11.5. The number of hydrogen-bond acceptors (Lipinski definition) is 4. The van der Waals surface area contributed by atoms with Gasteiger partial charge in [-0.3, -0.25) is 14.6 Å². The fourth-order valence-electron chi connectivity index (χ4n) is 1.19. The van der Waals surface area contributed by atoms with E-state index < -0.39 is 0 Å². The van der Waals surface area contributed by atoms with Crippen molar-refractivity contribution in [1.29, 1.82) is 0 Å². The lowest BCUT2D eigenvalue weighted by atomic mass is 10.3. The van der Waals surface area contributed by atoms with Crippen molar-refractivity contribution >= 4 is 11.9 Å². The van der Waals surface area contributed by atoms with E-state index in [0.717, 1.165) is 0 Å². The lowest BCUT2D eigenvalue weighted by Crippen LogP contribution is -2.27. The summed E-state index contributed by atoms with van der Waals surface area (Å²) in [6.07, 6.45) is 1.58. The zero-order valence-corrected chi connectivity index (χ0v) is 9.97. The van der Waals surface area contributed by atoms with Gasteiger partial charge in [0.15, 0.2) is 0 Å². The molecule has 0 unspecified atom stereocenters. The second kappa shape index (κ2) is 6.62. The number of esters is 1. The summed E-state index contributed by atoms with van der Waals surface area (Å²) in [7, 11) is 0. The molecule has 0 aromatic carbocycles. The van der Waals surface area contributed by atoms with Crippen molar-refractivity contribution in [3.63, 3.8) is 0 Å². The van der Waals surface area contributed by atoms with Crippen LogP contribution in [0.25, 0.3) is 0 Å². The minimum atomic E-state index is -0.318. The molecule has 0 saturated carbocycles. The van der Waals surface area contributed by atoms with Crippen LogP contribution in [0.5, 0.6) is 0 Å². The topological polar surface area (TPSA) is 68.3 Å². The standard InChI is InChI=1S/C12H16N2O3/c1-9(2)17-11(15)6-8-14-12(16)10-5-3-4-7-13-10/h3-5,7,9H,6,8H2,1-2H3,(H,14,16). The third kappa shape index (κ3) is 5.10. The van der Waals surface area contributed by atoms with Gasteiger partial charge in [-0.05, 0) is 26.0 Å². The Bertz CT molecular complexity index is 377. The lowest BCUT2D eigenvalue weighted by molar-refractivity contribution is -0.147. The Morgan fingerprint density at radius 2 is 2.18 bits per heavy atom. The Balaban J connectivity index is 2.28. The van der Waals surface area contributed by atoms with Crippen molar-refractivity contribution in [3.8, 4) is 0 Å². The highest BCUT2D eigenvalue weighted by atomic mass is 16.5. The van der Waals surface area contributed by atoms with E-state index in [-0.39, 0.29) is 30.9 Å². The molecule has 5 heteroatoms. The fourth-order valence-corrected chi connectivity index (χ4v) is 1.19. The van der Waals surface area contributed by atoms with Crippen LogP contribution < -0.4 is 5.32 Å². The van der Waals surface area contributed by atoms with Crippen molar-refractivity contribution in [2.24, 2.45) is 0 Å². The first-order valence-electron chi connectivity index (χ1n) is 5.48. The molecule has 0 fully saturated rings. The summed E-state index contributed by atoms with van der Waals surface area (Å²) in [6, 6.07) is 5.08. The van der Waals surface area contributed by atoms with Crippen LogP contribution in [0.3, 0.4) is 0 Å². The van der Waals surface area contributed by atoms with E-state index in [9.17, 15) is 9.59 Å². The van der Waals surface area contributed by atoms with Gasteiger partial charge in [-0.15, -0.1) is 0 Å². The Labute approximate surface area is 100 Å². The Hall–Kier alpha value is -1.91. The third-order valence-electron chi connectivity index (χ3n) is 1.88. The van der Waals surface area contributed by atoms with Crippen LogP contribution in [0, 0.1) is 0 Å². The molecule has 0 saturated heterocycles. The van der Waals surface area contributed by atoms with Gasteiger partial charge in [0.25, 0.3) is 5.91 Å². The summed E-state index contributed by atoms with van der Waals surface area (Å²) in [5.41, 5.74) is 0.338. The minimum Gasteiger partial charge on any atom is -0.463 e. The van der Waals surface area contributed by atoms with E-state index in [4.69, 9.17) is 4.74 Å². The molecular formula is C12H16N2O3. The van der Waals surface area contributed by atoms with E-state index in [0.29, 0.717) is 5.69 Å². The summed E-state index contributed by atoms with van der Waals surface area (Å²) in [5, 5.41) is 2.60. The van der Waals surface area contributed by atoms with Gasteiger partial charge in [-0.2, -0.15) is 0 Å². The van der Waals surface area contributed by atoms with Gasteiger partial charge in [0.05, 0.1) is 12.5 Å². The van der Waals surface area contributed by atoms with E-state index in [1.165, 1.54) is 0 Å². The highest BCUT2D eigenvalue weighted by Crippen LogP contribution is 1.95. The number of amides is 1. The van der Waals surface area contributed by atoms with Gasteiger partial charge in [0.1, 0.15) is 5.69 Å². The molecule has 0 aliphatic carbocycles. The molecule has 0 aliphatic rings. The maximum absolute atomic E-state index is 11.5. The Kier molecular flexibility index (Phi) is 5.13. The van der Waals surface area contributed by atoms with Crippen molar-refractivity contribution in [2.45, 2.75) is 26.4 Å². The number of aromatic nitrogens is 1. The molecule has 1 amide bonds. The number of nitrogens with zero attached hydrogens (tertiary/aromatic N) is 1. The first-order valence-corrected chi connectivity index (χ1v) is 5.48. The molecule has 17 heavy (non-hydrogen) atoms. The van der Waals surface area contributed by atoms with E-state index in [2.05, 4.69) is 10.3 Å². The zero-order valence-electron chi connectivity index (χ0n) is 9.97. The number of hydrogen-bond donors (Lipinski definition) is 1. The van der Waals surface area contributed by atoms with Crippen LogP contribution >= 0.6 is 0 Å². The van der Waals surface area contributed by atoms with Crippen molar-refractivity contribution in [2.75, 3.05) is 6.54 Å². The Morgan fingerprint density at radius 1 is 1.41 bits per heavy atom. The lowest BCUT2D eigenvalue weighted by Gasteiger charge is -2.08. The smallest absolute Gasteiger partial charge is 0.307 e. The fraction of sp³-hybridized carbons (Fsp3) is 0.417. The average molecular weight is 236 g/mol. The molecule has 0 spiro atoms. The number of rotatable bonds is 5. The maximum Gasteiger partial charge on any atom is 0.307 e. The molecular weight excluding hydrogens is 220 g/mol. The predicted molar refractivity (Wildman–Crippen MR) is 62.4 cm³/mol. The summed E-state index contributed by atoms with van der Waals surface area (Å²) in [5.74, 6) is -0.607. The molecule has 92 valence electrons.